The summed E-state index contributed by atoms with van der Waals surface area (Å²) in [4.78, 5) is 1.96. The maximum Gasteiger partial charge on any atom is 0.127 e. The molecule has 1 N–H and O–H groups in total. The zero-order chi connectivity index (χ0) is 17.2. The van der Waals surface area contributed by atoms with Gasteiger partial charge in [-0.25, -0.2) is 4.39 Å². The summed E-state index contributed by atoms with van der Waals surface area (Å²) in [5, 5.41) is 10.2. The lowest BCUT2D eigenvalue weighted by atomic mass is 10.2. The Morgan fingerprint density at radius 3 is 2.50 bits per heavy atom. The highest BCUT2D eigenvalue weighted by Crippen LogP contribution is 2.12. The molecule has 0 heterocycles. The van der Waals surface area contributed by atoms with Crippen molar-refractivity contribution in [1.82, 2.24) is 4.90 Å². The fraction of sp³-hybridized carbons (Fsp3) is 0.368. The van der Waals surface area contributed by atoms with Crippen LogP contribution < -0.4 is 4.74 Å². The van der Waals surface area contributed by atoms with Crippen LogP contribution in [0.15, 0.2) is 54.6 Å². The van der Waals surface area contributed by atoms with Crippen molar-refractivity contribution in [2.24, 2.45) is 0 Å². The molecule has 24 heavy (non-hydrogen) atoms. The molecule has 2 aromatic rings. The third-order valence-electron chi connectivity index (χ3n) is 3.62. The smallest absolute Gasteiger partial charge is 0.127 e. The molecule has 0 saturated carbocycles. The van der Waals surface area contributed by atoms with E-state index in [9.17, 15) is 9.50 Å². The molecule has 2 rings (SSSR count). The van der Waals surface area contributed by atoms with Crippen molar-refractivity contribution in [3.05, 3.63) is 66.0 Å². The minimum Gasteiger partial charge on any atom is -0.491 e. The standard InChI is InChI=1S/C19H24FNO3/c1-23-12-11-21(13-16-7-5-6-10-19(16)20)14-17(22)15-24-18-8-3-2-4-9-18/h2-10,17,22H,11-15H2,1H3/t17-/m0/s1. The van der Waals surface area contributed by atoms with Crippen LogP contribution in [0.1, 0.15) is 5.56 Å². The Balaban J connectivity index is 1.88. The summed E-state index contributed by atoms with van der Waals surface area (Å²) in [5.41, 5.74) is 0.602. The molecule has 0 amide bonds. The van der Waals surface area contributed by atoms with Crippen molar-refractivity contribution in [2.75, 3.05) is 33.4 Å². The van der Waals surface area contributed by atoms with Crippen molar-refractivity contribution >= 4 is 0 Å². The minimum atomic E-state index is -0.672. The summed E-state index contributed by atoms with van der Waals surface area (Å²) in [6, 6.07) is 16.0. The van der Waals surface area contributed by atoms with Gasteiger partial charge in [-0.1, -0.05) is 36.4 Å². The van der Waals surface area contributed by atoms with Crippen LogP contribution in [0.5, 0.6) is 5.75 Å². The predicted molar refractivity (Wildman–Crippen MR) is 91.5 cm³/mol. The Labute approximate surface area is 142 Å². The summed E-state index contributed by atoms with van der Waals surface area (Å²) in [5.74, 6) is 0.476. The molecule has 2 aromatic carbocycles. The molecule has 0 fully saturated rings. The van der Waals surface area contributed by atoms with Gasteiger partial charge in [0.2, 0.25) is 0 Å². The van der Waals surface area contributed by atoms with Crippen molar-refractivity contribution in [1.29, 1.82) is 0 Å². The van der Waals surface area contributed by atoms with E-state index in [1.54, 1.807) is 19.2 Å². The Morgan fingerprint density at radius 2 is 1.79 bits per heavy atom. The number of ether oxygens (including phenoxy) is 2. The van der Waals surface area contributed by atoms with Crippen molar-refractivity contribution < 1.29 is 19.0 Å². The molecule has 5 heteroatoms. The van der Waals surface area contributed by atoms with E-state index in [0.717, 1.165) is 0 Å². The first-order chi connectivity index (χ1) is 11.7. The molecule has 1 atom stereocenters. The summed E-state index contributed by atoms with van der Waals surface area (Å²) in [6.45, 7) is 2.10. The maximum atomic E-state index is 13.8. The molecule has 0 aromatic heterocycles. The highest BCUT2D eigenvalue weighted by Gasteiger charge is 2.14. The fourth-order valence-corrected chi connectivity index (χ4v) is 2.38. The second-order valence-electron chi connectivity index (χ2n) is 5.60. The van der Waals surface area contributed by atoms with Gasteiger partial charge < -0.3 is 14.6 Å². The summed E-state index contributed by atoms with van der Waals surface area (Å²) >= 11 is 0. The van der Waals surface area contributed by atoms with Gasteiger partial charge in [-0.15, -0.1) is 0 Å². The van der Waals surface area contributed by atoms with E-state index in [4.69, 9.17) is 9.47 Å². The Hall–Kier alpha value is -1.95. The van der Waals surface area contributed by atoms with Gasteiger partial charge in [0.25, 0.3) is 0 Å². The molecule has 0 unspecified atom stereocenters. The average molecular weight is 333 g/mol. The zero-order valence-corrected chi connectivity index (χ0v) is 13.9. The van der Waals surface area contributed by atoms with E-state index in [1.165, 1.54) is 6.07 Å². The molecular formula is C19H24FNO3. The second kappa shape index (κ2) is 10.0. The Morgan fingerprint density at radius 1 is 1.08 bits per heavy atom. The Kier molecular flexibility index (Phi) is 7.68. The molecule has 0 aliphatic heterocycles. The third-order valence-corrected chi connectivity index (χ3v) is 3.62. The largest absolute Gasteiger partial charge is 0.491 e. The van der Waals surface area contributed by atoms with Gasteiger partial charge in [0.05, 0.1) is 6.61 Å². The minimum absolute atomic E-state index is 0.185. The monoisotopic (exact) mass is 333 g/mol. The number of aliphatic hydroxyl groups excluding tert-OH is 1. The van der Waals surface area contributed by atoms with E-state index in [-0.39, 0.29) is 12.4 Å². The number of nitrogens with zero attached hydrogens (tertiary/aromatic N) is 1. The lowest BCUT2D eigenvalue weighted by molar-refractivity contribution is 0.0538. The van der Waals surface area contributed by atoms with Crippen LogP contribution in [-0.4, -0.2) is 49.5 Å². The van der Waals surface area contributed by atoms with Crippen molar-refractivity contribution in [3.63, 3.8) is 0 Å². The van der Waals surface area contributed by atoms with E-state index >= 15 is 0 Å². The first-order valence-electron chi connectivity index (χ1n) is 7.99. The topological polar surface area (TPSA) is 41.9 Å². The van der Waals surface area contributed by atoms with Gasteiger partial charge in [0, 0.05) is 32.3 Å². The van der Waals surface area contributed by atoms with Crippen LogP contribution in [0.4, 0.5) is 4.39 Å². The number of hydrogen-bond acceptors (Lipinski definition) is 4. The normalized spacial score (nSPS) is 12.3. The van der Waals surface area contributed by atoms with Gasteiger partial charge >= 0.3 is 0 Å². The number of methoxy groups -OCH3 is 1. The number of rotatable bonds is 10. The first kappa shape index (κ1) is 18.4. The van der Waals surface area contributed by atoms with E-state index in [2.05, 4.69) is 0 Å². The zero-order valence-electron chi connectivity index (χ0n) is 13.9. The van der Waals surface area contributed by atoms with Crippen LogP contribution in [0.25, 0.3) is 0 Å². The molecule has 0 bridgehead atoms. The summed E-state index contributed by atoms with van der Waals surface area (Å²) in [7, 11) is 1.62. The van der Waals surface area contributed by atoms with Crippen LogP contribution in [-0.2, 0) is 11.3 Å². The van der Waals surface area contributed by atoms with Gasteiger partial charge in [-0.2, -0.15) is 0 Å². The SMILES string of the molecule is COCCN(Cc1ccccc1F)C[C@H](O)COc1ccccc1. The summed E-state index contributed by atoms with van der Waals surface area (Å²) in [6.07, 6.45) is -0.672. The number of hydrogen-bond donors (Lipinski definition) is 1. The first-order valence-corrected chi connectivity index (χ1v) is 7.99. The highest BCUT2D eigenvalue weighted by atomic mass is 19.1. The molecular weight excluding hydrogens is 309 g/mol. The number of benzene rings is 2. The third kappa shape index (κ3) is 6.28. The van der Waals surface area contributed by atoms with Gasteiger partial charge in [-0.3, -0.25) is 4.90 Å². The van der Waals surface area contributed by atoms with E-state index in [0.29, 0.717) is 37.6 Å². The lowest BCUT2D eigenvalue weighted by Crippen LogP contribution is -2.37. The van der Waals surface area contributed by atoms with E-state index in [1.807, 2.05) is 41.3 Å². The van der Waals surface area contributed by atoms with Crippen LogP contribution in [0.2, 0.25) is 0 Å². The molecule has 0 aliphatic rings. The van der Waals surface area contributed by atoms with E-state index < -0.39 is 6.10 Å². The van der Waals surface area contributed by atoms with Gasteiger partial charge in [0.15, 0.2) is 0 Å². The highest BCUT2D eigenvalue weighted by molar-refractivity contribution is 5.21. The molecule has 0 saturated heterocycles. The number of halogens is 1. The maximum absolute atomic E-state index is 13.8. The molecule has 0 spiro atoms. The predicted octanol–water partition coefficient (Wildman–Crippen LogP) is 2.71. The summed E-state index contributed by atoms with van der Waals surface area (Å²) < 4.78 is 24.5. The number of aliphatic hydroxyl groups is 1. The molecule has 0 radical (unpaired) electrons. The molecule has 0 aliphatic carbocycles. The van der Waals surface area contributed by atoms with Crippen LogP contribution in [0.3, 0.4) is 0 Å². The fourth-order valence-electron chi connectivity index (χ4n) is 2.38. The van der Waals surface area contributed by atoms with Crippen molar-refractivity contribution in [3.8, 4) is 5.75 Å². The van der Waals surface area contributed by atoms with Crippen molar-refractivity contribution in [2.45, 2.75) is 12.6 Å². The van der Waals surface area contributed by atoms with Gasteiger partial charge in [-0.05, 0) is 18.2 Å². The molecule has 4 nitrogen and oxygen atoms in total. The lowest BCUT2D eigenvalue weighted by Gasteiger charge is -2.25. The van der Waals surface area contributed by atoms with Crippen LogP contribution in [0, 0.1) is 5.82 Å². The second-order valence-corrected chi connectivity index (χ2v) is 5.60. The number of para-hydroxylation sites is 1. The van der Waals surface area contributed by atoms with Gasteiger partial charge in [0.1, 0.15) is 24.3 Å². The Bertz CT molecular complexity index is 594. The molecule has 130 valence electrons. The average Bonchev–Trinajstić information content (AvgIpc) is 2.60. The van der Waals surface area contributed by atoms with Crippen LogP contribution >= 0.6 is 0 Å². The quantitative estimate of drug-likeness (QED) is 0.726.